The molecule has 6 atom stereocenters. The molecule has 1 aliphatic carbocycles. The molecule has 4 fully saturated rings. The van der Waals surface area contributed by atoms with E-state index in [0.717, 1.165) is 24.9 Å². The molecule has 1 saturated carbocycles. The monoisotopic (exact) mass is 414 g/mol. The first-order valence-electron chi connectivity index (χ1n) is 11.0. The van der Waals surface area contributed by atoms with Crippen molar-refractivity contribution in [3.63, 3.8) is 0 Å². The second-order valence-electron chi connectivity index (χ2n) is 9.23. The number of carbonyl (C=O) groups excluding carboxylic acids is 2. The molecule has 30 heavy (non-hydrogen) atoms. The molecule has 3 heterocycles. The number of piperidine rings is 1. The predicted octanol–water partition coefficient (Wildman–Crippen LogP) is 2.34. The van der Waals surface area contributed by atoms with Crippen LogP contribution in [0.1, 0.15) is 32.3 Å². The molecule has 0 aromatic heterocycles. The van der Waals surface area contributed by atoms with Crippen LogP contribution in [0, 0.1) is 17.3 Å². The van der Waals surface area contributed by atoms with E-state index in [-0.39, 0.29) is 53.7 Å². The SMILES string of the molecule is CCOC(=O)[C@@H]1[C@@H]2CCN(C(=O)OCc3ccccc3)C[C@@]23CCN[C@H]3[C@@]2(C)O[C@@H]12. The third-order valence-corrected chi connectivity index (χ3v) is 7.69. The lowest BCUT2D eigenvalue weighted by atomic mass is 9.54. The van der Waals surface area contributed by atoms with Crippen LogP contribution < -0.4 is 5.32 Å². The molecule has 7 nitrogen and oxygen atoms in total. The molecule has 0 bridgehead atoms. The Labute approximate surface area is 177 Å². The van der Waals surface area contributed by atoms with Gasteiger partial charge in [-0.3, -0.25) is 4.79 Å². The third-order valence-electron chi connectivity index (χ3n) is 7.69. The van der Waals surface area contributed by atoms with Gasteiger partial charge in [-0.1, -0.05) is 30.3 Å². The third kappa shape index (κ3) is 2.94. The lowest BCUT2D eigenvalue weighted by Gasteiger charge is -2.54. The average molecular weight is 415 g/mol. The van der Waals surface area contributed by atoms with Crippen molar-refractivity contribution >= 4 is 12.1 Å². The Balaban J connectivity index is 1.35. The quantitative estimate of drug-likeness (QED) is 0.602. The van der Waals surface area contributed by atoms with Crippen LogP contribution in [0.15, 0.2) is 30.3 Å². The molecule has 5 rings (SSSR count). The van der Waals surface area contributed by atoms with Crippen LogP contribution in [0.25, 0.3) is 0 Å². The van der Waals surface area contributed by atoms with E-state index in [2.05, 4.69) is 12.2 Å². The number of carbonyl (C=O) groups is 2. The van der Waals surface area contributed by atoms with E-state index >= 15 is 0 Å². The second-order valence-corrected chi connectivity index (χ2v) is 9.23. The molecule has 3 saturated heterocycles. The summed E-state index contributed by atoms with van der Waals surface area (Å²) < 4.78 is 17.2. The zero-order chi connectivity index (χ0) is 20.9. The van der Waals surface area contributed by atoms with Crippen molar-refractivity contribution in [2.45, 2.75) is 51.0 Å². The molecule has 1 amide bonds. The van der Waals surface area contributed by atoms with E-state index in [1.165, 1.54) is 0 Å². The number of amides is 1. The fourth-order valence-corrected chi connectivity index (χ4v) is 6.42. The Morgan fingerprint density at radius 1 is 1.27 bits per heavy atom. The predicted molar refractivity (Wildman–Crippen MR) is 109 cm³/mol. The first kappa shape index (κ1) is 19.8. The standard InChI is InChI=1S/C23H30N2O5/c1-3-28-19(26)17-16-9-12-25(21(27)29-13-15-7-5-4-6-8-15)14-23(16)10-11-24-20(23)22(2)18(17)30-22/h4-8,16-18,20,24H,3,9-14H2,1-2H3/t16-,17+,18-,20-,22-,23-/m0/s1. The number of fused-ring (bicyclic) bond motifs is 2. The Morgan fingerprint density at radius 2 is 2.07 bits per heavy atom. The Bertz CT molecular complexity index is 832. The highest BCUT2D eigenvalue weighted by Crippen LogP contribution is 2.64. The first-order chi connectivity index (χ1) is 14.5. The number of epoxide rings is 1. The second kappa shape index (κ2) is 7.24. The van der Waals surface area contributed by atoms with Gasteiger partial charge in [-0.15, -0.1) is 0 Å². The highest BCUT2D eigenvalue weighted by molar-refractivity contribution is 5.75. The minimum Gasteiger partial charge on any atom is -0.466 e. The molecule has 162 valence electrons. The summed E-state index contributed by atoms with van der Waals surface area (Å²) in [6.07, 6.45) is 1.31. The van der Waals surface area contributed by atoms with Gasteiger partial charge in [-0.25, -0.2) is 4.79 Å². The summed E-state index contributed by atoms with van der Waals surface area (Å²) in [6, 6.07) is 9.85. The number of esters is 1. The number of rotatable bonds is 4. The minimum absolute atomic E-state index is 0.0955. The summed E-state index contributed by atoms with van der Waals surface area (Å²) in [5, 5.41) is 3.63. The highest BCUT2D eigenvalue weighted by Gasteiger charge is 2.76. The zero-order valence-corrected chi connectivity index (χ0v) is 17.6. The molecule has 1 N–H and O–H groups in total. The fourth-order valence-electron chi connectivity index (χ4n) is 6.42. The Hall–Kier alpha value is -2.12. The van der Waals surface area contributed by atoms with Crippen LogP contribution in [-0.4, -0.2) is 61.0 Å². The zero-order valence-electron chi connectivity index (χ0n) is 17.6. The van der Waals surface area contributed by atoms with Gasteiger partial charge in [0.05, 0.1) is 12.5 Å². The average Bonchev–Trinajstić information content (AvgIpc) is 3.25. The van der Waals surface area contributed by atoms with Gasteiger partial charge < -0.3 is 24.4 Å². The molecule has 1 aromatic rings. The van der Waals surface area contributed by atoms with Crippen LogP contribution >= 0.6 is 0 Å². The van der Waals surface area contributed by atoms with Gasteiger partial charge in [0.25, 0.3) is 0 Å². The van der Waals surface area contributed by atoms with Gasteiger partial charge >= 0.3 is 12.1 Å². The van der Waals surface area contributed by atoms with Crippen molar-refractivity contribution in [1.82, 2.24) is 10.2 Å². The number of hydrogen-bond acceptors (Lipinski definition) is 6. The molecule has 1 spiro atoms. The molecular weight excluding hydrogens is 384 g/mol. The topological polar surface area (TPSA) is 80.4 Å². The number of hydrogen-bond donors (Lipinski definition) is 1. The summed E-state index contributed by atoms with van der Waals surface area (Å²) in [5.74, 6) is -0.259. The van der Waals surface area contributed by atoms with Gasteiger partial charge in [0, 0.05) is 24.5 Å². The Kier molecular flexibility index (Phi) is 4.78. The van der Waals surface area contributed by atoms with Crippen molar-refractivity contribution in [3.05, 3.63) is 35.9 Å². The highest BCUT2D eigenvalue weighted by atomic mass is 16.6. The van der Waals surface area contributed by atoms with Crippen molar-refractivity contribution in [3.8, 4) is 0 Å². The van der Waals surface area contributed by atoms with E-state index < -0.39 is 0 Å². The van der Waals surface area contributed by atoms with E-state index in [1.807, 2.05) is 42.2 Å². The summed E-state index contributed by atoms with van der Waals surface area (Å²) in [6.45, 7) is 6.62. The summed E-state index contributed by atoms with van der Waals surface area (Å²) in [7, 11) is 0. The first-order valence-corrected chi connectivity index (χ1v) is 11.0. The molecule has 4 aliphatic rings. The summed E-state index contributed by atoms with van der Waals surface area (Å²) in [5.41, 5.74) is 0.408. The number of nitrogens with zero attached hydrogens (tertiary/aromatic N) is 1. The van der Waals surface area contributed by atoms with Crippen molar-refractivity contribution in [2.24, 2.45) is 17.3 Å². The smallest absolute Gasteiger partial charge is 0.410 e. The lowest BCUT2D eigenvalue weighted by molar-refractivity contribution is -0.157. The minimum atomic E-state index is -0.374. The normalized spacial score (nSPS) is 38.8. The van der Waals surface area contributed by atoms with Gasteiger partial charge in [-0.05, 0) is 44.7 Å². The van der Waals surface area contributed by atoms with Crippen LogP contribution in [0.3, 0.4) is 0 Å². The number of nitrogens with one attached hydrogen (secondary N) is 1. The van der Waals surface area contributed by atoms with Crippen LogP contribution in [-0.2, 0) is 25.6 Å². The molecule has 7 heteroatoms. The maximum absolute atomic E-state index is 12.9. The van der Waals surface area contributed by atoms with E-state index in [4.69, 9.17) is 14.2 Å². The lowest BCUT2D eigenvalue weighted by Crippen LogP contribution is -2.66. The molecule has 0 unspecified atom stereocenters. The van der Waals surface area contributed by atoms with Crippen molar-refractivity contribution in [1.29, 1.82) is 0 Å². The molecule has 3 aliphatic heterocycles. The molecular formula is C23H30N2O5. The van der Waals surface area contributed by atoms with Gasteiger partial charge in [-0.2, -0.15) is 0 Å². The molecule has 1 aromatic carbocycles. The summed E-state index contributed by atoms with van der Waals surface area (Å²) in [4.78, 5) is 27.6. The maximum Gasteiger partial charge on any atom is 0.410 e. The van der Waals surface area contributed by atoms with E-state index in [9.17, 15) is 9.59 Å². The number of benzene rings is 1. The maximum atomic E-state index is 12.9. The van der Waals surface area contributed by atoms with Crippen LogP contribution in [0.4, 0.5) is 4.79 Å². The number of ether oxygens (including phenoxy) is 3. The Morgan fingerprint density at radius 3 is 2.83 bits per heavy atom. The van der Waals surface area contributed by atoms with E-state index in [0.29, 0.717) is 19.7 Å². The van der Waals surface area contributed by atoms with Crippen LogP contribution in [0.5, 0.6) is 0 Å². The fraction of sp³-hybridized carbons (Fsp3) is 0.652. The van der Waals surface area contributed by atoms with Gasteiger partial charge in [0.2, 0.25) is 0 Å². The van der Waals surface area contributed by atoms with E-state index in [1.54, 1.807) is 0 Å². The van der Waals surface area contributed by atoms with Crippen molar-refractivity contribution in [2.75, 3.05) is 26.2 Å². The van der Waals surface area contributed by atoms with Crippen molar-refractivity contribution < 1.29 is 23.8 Å². The van der Waals surface area contributed by atoms with Crippen LogP contribution in [0.2, 0.25) is 0 Å². The van der Waals surface area contributed by atoms with Gasteiger partial charge in [0.1, 0.15) is 18.3 Å². The summed E-state index contributed by atoms with van der Waals surface area (Å²) >= 11 is 0. The molecule has 0 radical (unpaired) electrons. The number of likely N-dealkylation sites (tertiary alicyclic amines) is 1. The largest absolute Gasteiger partial charge is 0.466 e. The van der Waals surface area contributed by atoms with Gasteiger partial charge in [0.15, 0.2) is 0 Å².